The Morgan fingerprint density at radius 3 is 2.62 bits per heavy atom. The Morgan fingerprint density at radius 2 is 1.92 bits per heavy atom. The van der Waals surface area contributed by atoms with Crippen molar-refractivity contribution in [2.45, 2.75) is 9.79 Å². The molecule has 0 spiro atoms. The third-order valence-electron chi connectivity index (χ3n) is 3.98. The number of hydrogen-bond donors (Lipinski definition) is 2. The maximum Gasteiger partial charge on any atom is 0.352 e. The van der Waals surface area contributed by atoms with Crippen molar-refractivity contribution in [3.05, 3.63) is 57.3 Å². The van der Waals surface area contributed by atoms with Crippen LogP contribution in [0.1, 0.15) is 10.5 Å². The molecule has 4 rings (SSSR count). The van der Waals surface area contributed by atoms with Crippen LogP contribution in [-0.4, -0.2) is 24.5 Å². The predicted molar refractivity (Wildman–Crippen MR) is 87.4 cm³/mol. The lowest BCUT2D eigenvalue weighted by atomic mass is 10.00. The molecule has 0 saturated heterocycles. The van der Waals surface area contributed by atoms with Gasteiger partial charge in [-0.3, -0.25) is 4.79 Å². The van der Waals surface area contributed by atoms with E-state index in [1.807, 2.05) is 0 Å². The lowest BCUT2D eigenvalue weighted by molar-refractivity contribution is 0.0691. The average molecular weight is 362 g/mol. The summed E-state index contributed by atoms with van der Waals surface area (Å²) in [5, 5.41) is 9.26. The number of carboxylic acid groups (broad SMARTS) is 1. The van der Waals surface area contributed by atoms with Crippen LogP contribution in [0.15, 0.2) is 51.0 Å². The molecule has 0 aliphatic carbocycles. The van der Waals surface area contributed by atoms with Crippen LogP contribution in [0.4, 0.5) is 0 Å². The SMILES string of the molecule is O=C(O)c1cc(=O)c2c3c(ccc2[nH]1)S(=O)(=O)c1c(Cl)cccc1-3. The number of pyridine rings is 1. The Morgan fingerprint density at radius 1 is 1.17 bits per heavy atom. The van der Waals surface area contributed by atoms with Gasteiger partial charge in [0.2, 0.25) is 9.84 Å². The first kappa shape index (κ1) is 14.9. The number of aromatic nitrogens is 1. The molecule has 3 aromatic rings. The fourth-order valence-electron chi connectivity index (χ4n) is 3.02. The molecule has 0 radical (unpaired) electrons. The number of hydrogen-bond acceptors (Lipinski definition) is 4. The van der Waals surface area contributed by atoms with E-state index in [1.54, 1.807) is 12.1 Å². The van der Waals surface area contributed by atoms with Gasteiger partial charge in [-0.15, -0.1) is 0 Å². The van der Waals surface area contributed by atoms with Crippen molar-refractivity contribution < 1.29 is 18.3 Å². The maximum absolute atomic E-state index is 12.7. The highest BCUT2D eigenvalue weighted by atomic mass is 35.5. The Hall–Kier alpha value is -2.64. The number of aromatic amines is 1. The Balaban J connectivity index is 2.25. The summed E-state index contributed by atoms with van der Waals surface area (Å²) in [6.07, 6.45) is 0. The third kappa shape index (κ3) is 1.79. The molecule has 8 heteroatoms. The van der Waals surface area contributed by atoms with Crippen molar-refractivity contribution in [2.75, 3.05) is 0 Å². The Kier molecular flexibility index (Phi) is 2.91. The molecule has 2 aromatic carbocycles. The summed E-state index contributed by atoms with van der Waals surface area (Å²) in [5.74, 6) is -1.27. The molecule has 24 heavy (non-hydrogen) atoms. The first-order valence-corrected chi connectivity index (χ1v) is 8.66. The topological polar surface area (TPSA) is 104 Å². The van der Waals surface area contributed by atoms with E-state index < -0.39 is 21.2 Å². The summed E-state index contributed by atoms with van der Waals surface area (Å²) in [7, 11) is -3.83. The summed E-state index contributed by atoms with van der Waals surface area (Å²) in [6.45, 7) is 0. The fourth-order valence-corrected chi connectivity index (χ4v) is 5.23. The van der Waals surface area contributed by atoms with Crippen LogP contribution in [0, 0.1) is 0 Å². The number of aromatic carboxylic acids is 1. The normalized spacial score (nSPS) is 14.4. The molecular formula is C16H8ClNO5S. The van der Waals surface area contributed by atoms with E-state index >= 15 is 0 Å². The van der Waals surface area contributed by atoms with E-state index in [0.717, 1.165) is 6.07 Å². The second-order valence-corrected chi connectivity index (χ2v) is 7.60. The monoisotopic (exact) mass is 361 g/mol. The minimum atomic E-state index is -3.83. The van der Waals surface area contributed by atoms with Crippen LogP contribution >= 0.6 is 11.6 Å². The summed E-state index contributed by atoms with van der Waals surface area (Å²) < 4.78 is 25.5. The minimum absolute atomic E-state index is 0.00771. The van der Waals surface area contributed by atoms with Gasteiger partial charge in [0.05, 0.1) is 25.7 Å². The molecule has 0 amide bonds. The van der Waals surface area contributed by atoms with Crippen LogP contribution in [0.25, 0.3) is 22.0 Å². The van der Waals surface area contributed by atoms with E-state index in [9.17, 15) is 18.0 Å². The van der Waals surface area contributed by atoms with Gasteiger partial charge in [0.25, 0.3) is 0 Å². The van der Waals surface area contributed by atoms with E-state index in [-0.39, 0.29) is 37.0 Å². The highest BCUT2D eigenvalue weighted by molar-refractivity contribution is 7.92. The Labute approximate surface area is 140 Å². The van der Waals surface area contributed by atoms with Crippen LogP contribution in [0.3, 0.4) is 0 Å². The van der Waals surface area contributed by atoms with Crippen LogP contribution in [0.2, 0.25) is 5.02 Å². The van der Waals surface area contributed by atoms with Gasteiger partial charge in [-0.25, -0.2) is 13.2 Å². The number of benzene rings is 2. The summed E-state index contributed by atoms with van der Waals surface area (Å²) in [6, 6.07) is 8.34. The van der Waals surface area contributed by atoms with Gasteiger partial charge in [-0.05, 0) is 18.2 Å². The summed E-state index contributed by atoms with van der Waals surface area (Å²) in [5.41, 5.74) is 0.0159. The lowest BCUT2D eigenvalue weighted by Crippen LogP contribution is -2.10. The molecule has 6 nitrogen and oxygen atoms in total. The van der Waals surface area contributed by atoms with Crippen molar-refractivity contribution >= 4 is 38.3 Å². The van der Waals surface area contributed by atoms with Gasteiger partial charge in [0.1, 0.15) is 5.69 Å². The molecule has 1 aliphatic rings. The van der Waals surface area contributed by atoms with Crippen molar-refractivity contribution in [3.63, 3.8) is 0 Å². The molecule has 0 atom stereocenters. The van der Waals surface area contributed by atoms with Gasteiger partial charge in [0, 0.05) is 17.2 Å². The van der Waals surface area contributed by atoms with Crippen molar-refractivity contribution in [1.29, 1.82) is 0 Å². The zero-order valence-electron chi connectivity index (χ0n) is 11.8. The summed E-state index contributed by atoms with van der Waals surface area (Å²) >= 11 is 6.06. The van der Waals surface area contributed by atoms with Crippen molar-refractivity contribution in [2.24, 2.45) is 0 Å². The van der Waals surface area contributed by atoms with Gasteiger partial charge in [0.15, 0.2) is 5.43 Å². The average Bonchev–Trinajstić information content (AvgIpc) is 2.76. The second kappa shape index (κ2) is 4.68. The molecule has 1 aromatic heterocycles. The molecule has 120 valence electrons. The zero-order chi connectivity index (χ0) is 17.2. The molecular weight excluding hydrogens is 354 g/mol. The molecule has 0 unspecified atom stereocenters. The van der Waals surface area contributed by atoms with Gasteiger partial charge in [-0.2, -0.15) is 0 Å². The van der Waals surface area contributed by atoms with E-state index in [2.05, 4.69) is 4.98 Å². The van der Waals surface area contributed by atoms with Crippen LogP contribution in [0.5, 0.6) is 0 Å². The van der Waals surface area contributed by atoms with E-state index in [1.165, 1.54) is 18.2 Å². The second-order valence-electron chi connectivity index (χ2n) is 5.33. The quantitative estimate of drug-likeness (QED) is 0.542. The van der Waals surface area contributed by atoms with Crippen molar-refractivity contribution in [3.8, 4) is 11.1 Å². The van der Waals surface area contributed by atoms with E-state index in [4.69, 9.17) is 16.7 Å². The molecule has 0 saturated carbocycles. The molecule has 1 aliphatic heterocycles. The van der Waals surface area contributed by atoms with Gasteiger partial charge in [-0.1, -0.05) is 23.7 Å². The van der Waals surface area contributed by atoms with Gasteiger partial charge < -0.3 is 10.1 Å². The third-order valence-corrected chi connectivity index (χ3v) is 6.31. The molecule has 2 heterocycles. The Bertz CT molecular complexity index is 1230. The minimum Gasteiger partial charge on any atom is -0.477 e. The predicted octanol–water partition coefficient (Wildman–Crippen LogP) is 2.69. The molecule has 2 N–H and O–H groups in total. The fraction of sp³-hybridized carbons (Fsp3) is 0. The van der Waals surface area contributed by atoms with E-state index in [0.29, 0.717) is 5.56 Å². The number of carboxylic acids is 1. The van der Waals surface area contributed by atoms with Crippen LogP contribution < -0.4 is 5.43 Å². The highest BCUT2D eigenvalue weighted by Gasteiger charge is 2.36. The van der Waals surface area contributed by atoms with Crippen molar-refractivity contribution in [1.82, 2.24) is 4.98 Å². The number of sulfone groups is 1. The van der Waals surface area contributed by atoms with Gasteiger partial charge >= 0.3 is 5.97 Å². The first-order valence-electron chi connectivity index (χ1n) is 6.79. The highest BCUT2D eigenvalue weighted by Crippen LogP contribution is 2.48. The number of nitrogens with one attached hydrogen (secondary N) is 1. The number of carbonyl (C=O) groups is 1. The number of rotatable bonds is 1. The first-order chi connectivity index (χ1) is 11.3. The summed E-state index contributed by atoms with van der Waals surface area (Å²) in [4.78, 5) is 26.2. The lowest BCUT2D eigenvalue weighted by Gasteiger charge is -2.06. The smallest absolute Gasteiger partial charge is 0.352 e. The maximum atomic E-state index is 12.7. The molecule has 0 fully saturated rings. The molecule has 0 bridgehead atoms. The standard InChI is InChI=1S/C16H8ClNO5S/c17-8-3-1-2-7-13-12(24(22,23)15(7)8)5-4-9-14(13)11(19)6-10(18-9)16(20)21/h1-6H,(H,18,19)(H,20,21). The zero-order valence-corrected chi connectivity index (χ0v) is 13.4. The number of fused-ring (bicyclic) bond motifs is 5. The largest absolute Gasteiger partial charge is 0.477 e. The number of halogens is 1. The number of H-pyrrole nitrogens is 1. The van der Waals surface area contributed by atoms with Crippen LogP contribution in [-0.2, 0) is 9.84 Å².